The monoisotopic (exact) mass is 442 g/mol. The highest BCUT2D eigenvalue weighted by Gasteiger charge is 2.69. The van der Waals surface area contributed by atoms with E-state index in [1.807, 2.05) is 18.2 Å². The van der Waals surface area contributed by atoms with Crippen LogP contribution in [0.2, 0.25) is 0 Å². The number of aromatic amines is 1. The van der Waals surface area contributed by atoms with Crippen LogP contribution in [0.3, 0.4) is 0 Å². The number of carbonyl (C=O) groups excluding carboxylic acids is 2. The summed E-state index contributed by atoms with van der Waals surface area (Å²) in [6.45, 7) is -0.560. The Balaban J connectivity index is 1.45. The third kappa shape index (κ3) is 2.33. The van der Waals surface area contributed by atoms with Crippen molar-refractivity contribution >= 4 is 40.9 Å². The number of hydrogen-bond acceptors (Lipinski definition) is 6. The van der Waals surface area contributed by atoms with Gasteiger partial charge in [-0.05, 0) is 29.7 Å². The second-order valence-corrected chi connectivity index (χ2v) is 10.7. The number of amides is 2. The lowest BCUT2D eigenvalue weighted by atomic mass is 9.68. The van der Waals surface area contributed by atoms with Crippen molar-refractivity contribution in [3.8, 4) is 0 Å². The van der Waals surface area contributed by atoms with Crippen LogP contribution >= 0.6 is 23.1 Å². The number of aromatic nitrogens is 1. The maximum atomic E-state index is 13.1. The first kappa shape index (κ1) is 18.4. The Morgan fingerprint density at radius 1 is 1.10 bits per heavy atom. The number of carboxylic acid groups (broad SMARTS) is 1. The molecule has 7 nitrogen and oxygen atoms in total. The normalized spacial score (nSPS) is 36.0. The Kier molecular flexibility index (Phi) is 3.86. The highest BCUT2D eigenvalue weighted by molar-refractivity contribution is 8.00. The van der Waals surface area contributed by atoms with Crippen LogP contribution in [0.25, 0.3) is 0 Å². The second-order valence-electron chi connectivity index (χ2n) is 8.53. The molecule has 6 rings (SSSR count). The predicted octanol–water partition coefficient (Wildman–Crippen LogP) is 1.99. The number of H-pyrrole nitrogens is 1. The molecular formula is C21H18N2O5S2. The van der Waals surface area contributed by atoms with Gasteiger partial charge in [-0.2, -0.15) is 0 Å². The summed E-state index contributed by atoms with van der Waals surface area (Å²) in [6, 6.07) is 10.0. The maximum Gasteiger partial charge on any atom is 0.323 e. The summed E-state index contributed by atoms with van der Waals surface area (Å²) in [5.41, 5.74) is 1.12. The second kappa shape index (κ2) is 6.31. The predicted molar refractivity (Wildman–Crippen MR) is 109 cm³/mol. The summed E-state index contributed by atoms with van der Waals surface area (Å²) < 4.78 is 0. The molecule has 2 aliphatic carbocycles. The van der Waals surface area contributed by atoms with Gasteiger partial charge in [0.15, 0.2) is 0 Å². The number of imide groups is 1. The topological polar surface area (TPSA) is 108 Å². The standard InChI is InChI=1S/C21H18N2O5S2/c24-11(25)7-23-19(26)14-9-6-10(15(14)20(23)27)16-13(9)12(8-4-2-1-3-5-8)17-18(29-16)22-21(28)30-17/h1-5,9-10,12-16H,6-7H2,(H,22,28)(H,24,25)/t9-,10+,12+,13+,14+,15+,16-/m0/s1. The van der Waals surface area contributed by atoms with E-state index >= 15 is 0 Å². The van der Waals surface area contributed by atoms with Gasteiger partial charge in [0.1, 0.15) is 6.54 Å². The van der Waals surface area contributed by atoms with Crippen LogP contribution in [0.15, 0.2) is 40.2 Å². The van der Waals surface area contributed by atoms with Gasteiger partial charge in [-0.1, -0.05) is 41.7 Å². The minimum absolute atomic E-state index is 0.00350. The van der Waals surface area contributed by atoms with E-state index in [0.29, 0.717) is 0 Å². The average molecular weight is 443 g/mol. The summed E-state index contributed by atoms with van der Waals surface area (Å²) >= 11 is 2.87. The summed E-state index contributed by atoms with van der Waals surface area (Å²) in [6.07, 6.45) is 0.804. The minimum Gasteiger partial charge on any atom is -0.480 e. The molecule has 3 heterocycles. The van der Waals surface area contributed by atoms with Gasteiger partial charge in [0, 0.05) is 16.0 Å². The Labute approximate surface area is 179 Å². The Morgan fingerprint density at radius 3 is 2.50 bits per heavy atom. The lowest BCUT2D eigenvalue weighted by Gasteiger charge is -2.43. The number of thiazole rings is 1. The van der Waals surface area contributed by atoms with Gasteiger partial charge in [-0.15, -0.1) is 11.8 Å². The average Bonchev–Trinajstić information content (AvgIpc) is 3.44. The molecule has 0 radical (unpaired) electrons. The maximum absolute atomic E-state index is 13.1. The molecule has 2 amide bonds. The minimum atomic E-state index is -1.17. The van der Waals surface area contributed by atoms with Crippen molar-refractivity contribution < 1.29 is 19.5 Å². The number of thioether (sulfide) groups is 1. The fourth-order valence-corrected chi connectivity index (χ4v) is 9.29. The quantitative estimate of drug-likeness (QED) is 0.704. The molecule has 3 fully saturated rings. The Bertz CT molecular complexity index is 1140. The van der Waals surface area contributed by atoms with Crippen LogP contribution < -0.4 is 4.87 Å². The Hall–Kier alpha value is -2.39. The summed E-state index contributed by atoms with van der Waals surface area (Å²) in [4.78, 5) is 54.3. The van der Waals surface area contributed by atoms with Crippen LogP contribution in [0.4, 0.5) is 0 Å². The van der Waals surface area contributed by atoms with Crippen molar-refractivity contribution in [3.63, 3.8) is 0 Å². The first-order valence-corrected chi connectivity index (χ1v) is 11.7. The number of likely N-dealkylation sites (tertiary alicyclic amines) is 1. The molecule has 2 saturated carbocycles. The molecule has 0 unspecified atom stereocenters. The number of carbonyl (C=O) groups is 3. The fourth-order valence-electron chi connectivity index (χ4n) is 6.40. The molecule has 1 saturated heterocycles. The molecule has 2 aliphatic heterocycles. The van der Waals surface area contributed by atoms with Gasteiger partial charge in [0.05, 0.1) is 16.9 Å². The van der Waals surface area contributed by atoms with Crippen LogP contribution in [-0.2, 0) is 14.4 Å². The molecule has 1 aromatic carbocycles. The van der Waals surface area contributed by atoms with Crippen LogP contribution in [0, 0.1) is 29.6 Å². The van der Waals surface area contributed by atoms with Crippen molar-refractivity contribution in [2.75, 3.05) is 6.54 Å². The zero-order valence-electron chi connectivity index (χ0n) is 15.7. The van der Waals surface area contributed by atoms with Crippen molar-refractivity contribution in [1.29, 1.82) is 0 Å². The van der Waals surface area contributed by atoms with Crippen molar-refractivity contribution in [3.05, 3.63) is 50.4 Å². The van der Waals surface area contributed by atoms with Gasteiger partial charge in [-0.25, -0.2) is 0 Å². The molecule has 2 aromatic rings. The first-order chi connectivity index (χ1) is 14.5. The van der Waals surface area contributed by atoms with Gasteiger partial charge >= 0.3 is 10.8 Å². The number of benzene rings is 1. The fraction of sp³-hybridized carbons (Fsp3) is 0.429. The largest absolute Gasteiger partial charge is 0.480 e. The summed E-state index contributed by atoms with van der Waals surface area (Å²) in [5.74, 6) is -2.52. The molecule has 2 N–H and O–H groups in total. The van der Waals surface area contributed by atoms with E-state index in [4.69, 9.17) is 5.11 Å². The number of hydrogen-bond donors (Lipinski definition) is 2. The zero-order chi connectivity index (χ0) is 20.7. The van der Waals surface area contributed by atoms with Crippen molar-refractivity contribution in [1.82, 2.24) is 9.88 Å². The third-order valence-corrected chi connectivity index (χ3v) is 9.86. The molecule has 2 bridgehead atoms. The number of nitrogens with zero attached hydrogens (tertiary/aromatic N) is 1. The van der Waals surface area contributed by atoms with Gasteiger partial charge < -0.3 is 10.1 Å². The highest BCUT2D eigenvalue weighted by atomic mass is 32.2. The van der Waals surface area contributed by atoms with E-state index in [9.17, 15) is 19.2 Å². The van der Waals surface area contributed by atoms with Crippen molar-refractivity contribution in [2.24, 2.45) is 29.6 Å². The molecule has 0 spiro atoms. The number of nitrogens with one attached hydrogen (secondary N) is 1. The van der Waals surface area contributed by atoms with Crippen LogP contribution in [0.1, 0.15) is 22.8 Å². The zero-order valence-corrected chi connectivity index (χ0v) is 17.3. The van der Waals surface area contributed by atoms with Gasteiger partial charge in [-0.3, -0.25) is 24.1 Å². The Morgan fingerprint density at radius 2 is 1.80 bits per heavy atom. The molecule has 4 aliphatic rings. The molecule has 1 aromatic heterocycles. The number of carboxylic acids is 1. The lowest BCUT2D eigenvalue weighted by molar-refractivity contribution is -0.149. The van der Waals surface area contributed by atoms with Gasteiger partial charge in [0.2, 0.25) is 11.8 Å². The van der Waals surface area contributed by atoms with E-state index in [-0.39, 0.29) is 45.6 Å². The van der Waals surface area contributed by atoms with E-state index in [1.54, 1.807) is 11.8 Å². The SMILES string of the molecule is O=C(O)CN1C(=O)[C@@H]2[C@H]3C[C@@H]([C@@H]4Sc5[nH]c(=O)sc5[C@H](c5ccccc5)[C@@H]34)[C@H]2C1=O. The van der Waals surface area contributed by atoms with Gasteiger partial charge in [0.25, 0.3) is 0 Å². The molecular weight excluding hydrogens is 424 g/mol. The molecule has 154 valence electrons. The number of aliphatic carboxylic acids is 1. The van der Waals surface area contributed by atoms with Crippen LogP contribution in [0.5, 0.6) is 0 Å². The number of rotatable bonds is 3. The molecule has 9 heteroatoms. The first-order valence-electron chi connectivity index (χ1n) is 9.97. The smallest absolute Gasteiger partial charge is 0.323 e. The van der Waals surface area contributed by atoms with E-state index in [2.05, 4.69) is 17.1 Å². The molecule has 30 heavy (non-hydrogen) atoms. The summed E-state index contributed by atoms with van der Waals surface area (Å²) in [7, 11) is 0. The van der Waals surface area contributed by atoms with E-state index in [0.717, 1.165) is 26.8 Å². The van der Waals surface area contributed by atoms with E-state index in [1.165, 1.54) is 11.3 Å². The highest BCUT2D eigenvalue weighted by Crippen LogP contribution is 2.68. The van der Waals surface area contributed by atoms with Crippen molar-refractivity contribution in [2.45, 2.75) is 22.6 Å². The summed E-state index contributed by atoms with van der Waals surface area (Å²) in [5, 5.41) is 10.2. The van der Waals surface area contributed by atoms with Crippen LogP contribution in [-0.4, -0.2) is 44.6 Å². The van der Waals surface area contributed by atoms with E-state index < -0.39 is 24.3 Å². The lowest BCUT2D eigenvalue weighted by Crippen LogP contribution is -2.42. The number of fused-ring (bicyclic) bond motifs is 9. The molecule has 7 atom stereocenters. The third-order valence-electron chi connectivity index (χ3n) is 7.27.